The van der Waals surface area contributed by atoms with Crippen LogP contribution in [0.25, 0.3) is 22.4 Å². The van der Waals surface area contributed by atoms with Gasteiger partial charge in [0.2, 0.25) is 0 Å². The highest BCUT2D eigenvalue weighted by atomic mass is 14.7. The molecule has 3 rings (SSSR count). The Morgan fingerprint density at radius 1 is 0.727 bits per heavy atom. The normalized spacial score (nSPS) is 11.9. The van der Waals surface area contributed by atoms with E-state index in [-0.39, 0.29) is 0 Å². The molecule has 1 aromatic carbocycles. The smallest absolute Gasteiger partial charge is 0.0702 e. The van der Waals surface area contributed by atoms with E-state index in [0.29, 0.717) is 0 Å². The van der Waals surface area contributed by atoms with Crippen molar-refractivity contribution in [2.45, 2.75) is 13.8 Å². The first kappa shape index (κ1) is 14.2. The number of allylic oxidation sites excluding steroid dienone is 2. The van der Waals surface area contributed by atoms with Gasteiger partial charge in [0.1, 0.15) is 0 Å². The Balaban J connectivity index is 2.02. The van der Waals surface area contributed by atoms with Crippen molar-refractivity contribution < 1.29 is 0 Å². The second-order valence-corrected chi connectivity index (χ2v) is 5.28. The average molecular weight is 286 g/mol. The molecule has 2 aromatic heterocycles. The lowest BCUT2D eigenvalue weighted by Crippen LogP contribution is -1.89. The molecule has 0 unspecified atom stereocenters. The SMILES string of the molecule is C/C(=C(/C)c1cccc(-c2ccccn2)c1)c1ccncc1. The average Bonchev–Trinajstić information content (AvgIpc) is 2.62. The van der Waals surface area contributed by atoms with Gasteiger partial charge in [-0.2, -0.15) is 0 Å². The first-order valence-electron chi connectivity index (χ1n) is 7.35. The van der Waals surface area contributed by atoms with Crippen molar-refractivity contribution in [2.75, 3.05) is 0 Å². The molecule has 0 N–H and O–H groups in total. The van der Waals surface area contributed by atoms with E-state index in [1.165, 1.54) is 22.3 Å². The Morgan fingerprint density at radius 2 is 1.50 bits per heavy atom. The van der Waals surface area contributed by atoms with Crippen molar-refractivity contribution in [3.05, 3.63) is 84.3 Å². The second-order valence-electron chi connectivity index (χ2n) is 5.28. The maximum absolute atomic E-state index is 4.43. The van der Waals surface area contributed by atoms with E-state index in [0.717, 1.165) is 11.3 Å². The molecule has 0 bridgehead atoms. The van der Waals surface area contributed by atoms with Gasteiger partial charge in [0.15, 0.2) is 0 Å². The van der Waals surface area contributed by atoms with E-state index >= 15 is 0 Å². The standard InChI is InChI=1S/C20H18N2/c1-15(17-9-12-21-13-10-17)16(2)18-6-5-7-19(14-18)20-8-3-4-11-22-20/h3-14H,1-2H3/b16-15+. The first-order chi connectivity index (χ1) is 10.8. The van der Waals surface area contributed by atoms with Gasteiger partial charge in [0.05, 0.1) is 5.69 Å². The van der Waals surface area contributed by atoms with Crippen LogP contribution in [-0.2, 0) is 0 Å². The molecule has 2 heterocycles. The molecule has 0 aliphatic carbocycles. The molecule has 2 heteroatoms. The number of benzene rings is 1. The maximum atomic E-state index is 4.43. The molecule has 0 amide bonds. The minimum absolute atomic E-state index is 0.999. The van der Waals surface area contributed by atoms with Crippen LogP contribution in [0.1, 0.15) is 25.0 Å². The van der Waals surface area contributed by atoms with Gasteiger partial charge in [-0.15, -0.1) is 0 Å². The zero-order valence-corrected chi connectivity index (χ0v) is 12.8. The van der Waals surface area contributed by atoms with Crippen LogP contribution in [-0.4, -0.2) is 9.97 Å². The van der Waals surface area contributed by atoms with E-state index in [9.17, 15) is 0 Å². The van der Waals surface area contributed by atoms with Crippen LogP contribution in [0.3, 0.4) is 0 Å². The van der Waals surface area contributed by atoms with Crippen LogP contribution in [0.2, 0.25) is 0 Å². The lowest BCUT2D eigenvalue weighted by atomic mass is 9.96. The van der Waals surface area contributed by atoms with Crippen molar-refractivity contribution in [1.29, 1.82) is 0 Å². The molecule has 0 radical (unpaired) electrons. The number of hydrogen-bond acceptors (Lipinski definition) is 2. The van der Waals surface area contributed by atoms with Crippen LogP contribution in [0.15, 0.2) is 73.2 Å². The van der Waals surface area contributed by atoms with Crippen molar-refractivity contribution in [3.8, 4) is 11.3 Å². The highest BCUT2D eigenvalue weighted by Gasteiger charge is 2.05. The van der Waals surface area contributed by atoms with Gasteiger partial charge < -0.3 is 0 Å². The first-order valence-corrected chi connectivity index (χ1v) is 7.35. The maximum Gasteiger partial charge on any atom is 0.0702 e. The number of hydrogen-bond donors (Lipinski definition) is 0. The molecule has 22 heavy (non-hydrogen) atoms. The molecule has 0 fully saturated rings. The van der Waals surface area contributed by atoms with Crippen molar-refractivity contribution >= 4 is 11.1 Å². The minimum Gasteiger partial charge on any atom is -0.265 e. The highest BCUT2D eigenvalue weighted by Crippen LogP contribution is 2.28. The van der Waals surface area contributed by atoms with Gasteiger partial charge >= 0.3 is 0 Å². The highest BCUT2D eigenvalue weighted by molar-refractivity contribution is 5.89. The molecule has 0 saturated heterocycles. The number of pyridine rings is 2. The van der Waals surface area contributed by atoms with Crippen LogP contribution < -0.4 is 0 Å². The lowest BCUT2D eigenvalue weighted by molar-refractivity contribution is 1.31. The monoisotopic (exact) mass is 286 g/mol. The third-order valence-electron chi connectivity index (χ3n) is 3.93. The van der Waals surface area contributed by atoms with Crippen LogP contribution >= 0.6 is 0 Å². The molecular formula is C20H18N2. The summed E-state index contributed by atoms with van der Waals surface area (Å²) < 4.78 is 0. The Hall–Kier alpha value is -2.74. The minimum atomic E-state index is 0.999. The van der Waals surface area contributed by atoms with E-state index in [4.69, 9.17) is 0 Å². The Kier molecular flexibility index (Phi) is 4.10. The molecule has 108 valence electrons. The fraction of sp³-hybridized carbons (Fsp3) is 0.100. The summed E-state index contributed by atoms with van der Waals surface area (Å²) >= 11 is 0. The van der Waals surface area contributed by atoms with E-state index < -0.39 is 0 Å². The zero-order valence-electron chi connectivity index (χ0n) is 12.8. The van der Waals surface area contributed by atoms with Gasteiger partial charge in [0.25, 0.3) is 0 Å². The summed E-state index contributed by atoms with van der Waals surface area (Å²) in [7, 11) is 0. The molecule has 0 aliphatic rings. The van der Waals surface area contributed by atoms with Gasteiger partial charge in [-0.05, 0) is 66.5 Å². The fourth-order valence-electron chi connectivity index (χ4n) is 2.48. The van der Waals surface area contributed by atoms with E-state index in [1.54, 1.807) is 0 Å². The Bertz CT molecular complexity index is 790. The number of rotatable bonds is 3. The summed E-state index contributed by atoms with van der Waals surface area (Å²) in [5, 5.41) is 0. The summed E-state index contributed by atoms with van der Waals surface area (Å²) in [6, 6.07) is 18.6. The molecule has 0 atom stereocenters. The van der Waals surface area contributed by atoms with Crippen molar-refractivity contribution in [1.82, 2.24) is 9.97 Å². The van der Waals surface area contributed by atoms with Crippen LogP contribution in [0, 0.1) is 0 Å². The number of aromatic nitrogens is 2. The van der Waals surface area contributed by atoms with Crippen LogP contribution in [0.4, 0.5) is 0 Å². The predicted molar refractivity (Wildman–Crippen MR) is 92.1 cm³/mol. The summed E-state index contributed by atoms with van der Waals surface area (Å²) in [4.78, 5) is 8.51. The molecule has 0 aliphatic heterocycles. The molecule has 0 saturated carbocycles. The molecular weight excluding hydrogens is 268 g/mol. The molecule has 2 nitrogen and oxygen atoms in total. The zero-order chi connectivity index (χ0) is 15.4. The fourth-order valence-corrected chi connectivity index (χ4v) is 2.48. The lowest BCUT2D eigenvalue weighted by Gasteiger charge is -2.10. The quantitative estimate of drug-likeness (QED) is 0.670. The summed E-state index contributed by atoms with van der Waals surface area (Å²) in [5.41, 5.74) is 7.09. The molecule has 0 spiro atoms. The summed E-state index contributed by atoms with van der Waals surface area (Å²) in [6.07, 6.45) is 5.49. The van der Waals surface area contributed by atoms with Crippen molar-refractivity contribution in [3.63, 3.8) is 0 Å². The molecule has 3 aromatic rings. The predicted octanol–water partition coefficient (Wildman–Crippen LogP) is 5.09. The van der Waals surface area contributed by atoms with E-state index in [2.05, 4.69) is 48.1 Å². The largest absolute Gasteiger partial charge is 0.265 e. The topological polar surface area (TPSA) is 25.8 Å². The van der Waals surface area contributed by atoms with Crippen LogP contribution in [0.5, 0.6) is 0 Å². The van der Waals surface area contributed by atoms with Gasteiger partial charge in [-0.25, -0.2) is 0 Å². The van der Waals surface area contributed by atoms with Gasteiger partial charge in [-0.1, -0.05) is 24.3 Å². The second kappa shape index (κ2) is 6.35. The van der Waals surface area contributed by atoms with Crippen molar-refractivity contribution in [2.24, 2.45) is 0 Å². The Labute approximate surface area is 131 Å². The summed E-state index contributed by atoms with van der Waals surface area (Å²) in [6.45, 7) is 4.31. The van der Waals surface area contributed by atoms with Gasteiger partial charge in [-0.3, -0.25) is 9.97 Å². The Morgan fingerprint density at radius 3 is 2.23 bits per heavy atom. The third kappa shape index (κ3) is 2.96. The summed E-state index contributed by atoms with van der Waals surface area (Å²) in [5.74, 6) is 0. The third-order valence-corrected chi connectivity index (χ3v) is 3.93. The van der Waals surface area contributed by atoms with Gasteiger partial charge in [0, 0.05) is 24.2 Å². The number of nitrogens with zero attached hydrogens (tertiary/aromatic N) is 2. The van der Waals surface area contributed by atoms with E-state index in [1.807, 2.05) is 48.9 Å².